The molecule has 0 heterocycles. The molecule has 20 heavy (non-hydrogen) atoms. The maximum Gasteiger partial charge on any atom is 0.253 e. The Bertz CT molecular complexity index is 410. The van der Waals surface area contributed by atoms with Gasteiger partial charge < -0.3 is 15.8 Å². The molecule has 112 valence electrons. The standard InChI is InChI=1S/C15H22N2O2.ClH/c1-2-19-14(12-6-4-3-5-7-12)15(18)17-10-13(16)11-8-9-11;/h3-7,11,13-14H,2,8-10,16H2,1H3,(H,17,18);1H. The lowest BCUT2D eigenvalue weighted by atomic mass is 10.1. The summed E-state index contributed by atoms with van der Waals surface area (Å²) < 4.78 is 5.55. The van der Waals surface area contributed by atoms with Crippen molar-refractivity contribution in [3.05, 3.63) is 35.9 Å². The van der Waals surface area contributed by atoms with Crippen molar-refractivity contribution in [1.82, 2.24) is 5.32 Å². The van der Waals surface area contributed by atoms with E-state index in [0.29, 0.717) is 19.1 Å². The van der Waals surface area contributed by atoms with Crippen LogP contribution in [0.3, 0.4) is 0 Å². The third kappa shape index (κ3) is 4.78. The Kier molecular flexibility index (Phi) is 6.99. The van der Waals surface area contributed by atoms with Crippen LogP contribution in [0.15, 0.2) is 30.3 Å². The fourth-order valence-corrected chi connectivity index (χ4v) is 2.12. The number of halogens is 1. The van der Waals surface area contributed by atoms with Gasteiger partial charge in [0.2, 0.25) is 0 Å². The Labute approximate surface area is 126 Å². The number of carbonyl (C=O) groups excluding carboxylic acids is 1. The van der Waals surface area contributed by atoms with E-state index in [1.807, 2.05) is 37.3 Å². The largest absolute Gasteiger partial charge is 0.364 e. The van der Waals surface area contributed by atoms with Gasteiger partial charge in [0.15, 0.2) is 6.10 Å². The number of ether oxygens (including phenoxy) is 1. The number of benzene rings is 1. The summed E-state index contributed by atoms with van der Waals surface area (Å²) >= 11 is 0. The highest BCUT2D eigenvalue weighted by atomic mass is 35.5. The number of nitrogens with one attached hydrogen (secondary N) is 1. The third-order valence-electron chi connectivity index (χ3n) is 3.41. The molecule has 2 atom stereocenters. The molecule has 0 aromatic heterocycles. The quantitative estimate of drug-likeness (QED) is 0.809. The minimum atomic E-state index is -0.544. The number of carbonyl (C=O) groups is 1. The first-order valence-corrected chi connectivity index (χ1v) is 6.92. The third-order valence-corrected chi connectivity index (χ3v) is 3.41. The maximum atomic E-state index is 12.2. The first-order valence-electron chi connectivity index (χ1n) is 6.92. The van der Waals surface area contributed by atoms with E-state index in [0.717, 1.165) is 5.56 Å². The molecule has 1 fully saturated rings. The first kappa shape index (κ1) is 17.0. The molecule has 0 spiro atoms. The number of hydrogen-bond donors (Lipinski definition) is 2. The van der Waals surface area contributed by atoms with Crippen molar-refractivity contribution in [2.75, 3.05) is 13.2 Å². The van der Waals surface area contributed by atoms with Gasteiger partial charge in [0.25, 0.3) is 5.91 Å². The monoisotopic (exact) mass is 298 g/mol. The highest BCUT2D eigenvalue weighted by Gasteiger charge is 2.29. The highest BCUT2D eigenvalue weighted by Crippen LogP contribution is 2.31. The lowest BCUT2D eigenvalue weighted by Gasteiger charge is -2.19. The van der Waals surface area contributed by atoms with E-state index in [4.69, 9.17) is 10.5 Å². The smallest absolute Gasteiger partial charge is 0.253 e. The summed E-state index contributed by atoms with van der Waals surface area (Å²) in [6.07, 6.45) is 1.83. The van der Waals surface area contributed by atoms with Gasteiger partial charge in [-0.1, -0.05) is 30.3 Å². The van der Waals surface area contributed by atoms with Crippen LogP contribution in [0.5, 0.6) is 0 Å². The van der Waals surface area contributed by atoms with Gasteiger partial charge in [-0.05, 0) is 31.2 Å². The van der Waals surface area contributed by atoms with E-state index >= 15 is 0 Å². The molecule has 0 saturated heterocycles. The van der Waals surface area contributed by atoms with Crippen molar-refractivity contribution in [1.29, 1.82) is 0 Å². The Morgan fingerprint density at radius 1 is 1.40 bits per heavy atom. The Hall–Kier alpha value is -1.10. The van der Waals surface area contributed by atoms with Crippen molar-refractivity contribution in [3.8, 4) is 0 Å². The fraction of sp³-hybridized carbons (Fsp3) is 0.533. The molecule has 1 saturated carbocycles. The minimum absolute atomic E-state index is 0. The van der Waals surface area contributed by atoms with Crippen LogP contribution in [-0.4, -0.2) is 25.1 Å². The van der Waals surface area contributed by atoms with Crippen LogP contribution in [0.25, 0.3) is 0 Å². The second-order valence-electron chi connectivity index (χ2n) is 4.99. The molecule has 1 aliphatic rings. The predicted molar refractivity (Wildman–Crippen MR) is 81.8 cm³/mol. The summed E-state index contributed by atoms with van der Waals surface area (Å²) in [6.45, 7) is 2.92. The lowest BCUT2D eigenvalue weighted by molar-refractivity contribution is -0.133. The molecule has 0 radical (unpaired) electrons. The van der Waals surface area contributed by atoms with E-state index in [1.54, 1.807) is 0 Å². The molecule has 3 N–H and O–H groups in total. The predicted octanol–water partition coefficient (Wildman–Crippen LogP) is 2.04. The maximum absolute atomic E-state index is 12.2. The van der Waals surface area contributed by atoms with Gasteiger partial charge in [-0.15, -0.1) is 12.4 Å². The number of rotatable bonds is 7. The van der Waals surface area contributed by atoms with Gasteiger partial charge in [0.05, 0.1) is 0 Å². The minimum Gasteiger partial charge on any atom is -0.364 e. The molecular formula is C15H23ClN2O2. The summed E-state index contributed by atoms with van der Waals surface area (Å²) in [4.78, 5) is 12.2. The van der Waals surface area contributed by atoms with Gasteiger partial charge in [-0.25, -0.2) is 0 Å². The molecule has 4 nitrogen and oxygen atoms in total. The lowest BCUT2D eigenvalue weighted by Crippen LogP contribution is -2.41. The zero-order valence-corrected chi connectivity index (χ0v) is 12.6. The van der Waals surface area contributed by atoms with Gasteiger partial charge in [-0.2, -0.15) is 0 Å². The zero-order chi connectivity index (χ0) is 13.7. The van der Waals surface area contributed by atoms with E-state index in [9.17, 15) is 4.79 Å². The van der Waals surface area contributed by atoms with Gasteiger partial charge in [-0.3, -0.25) is 4.79 Å². The zero-order valence-electron chi connectivity index (χ0n) is 11.7. The van der Waals surface area contributed by atoms with Crippen molar-refractivity contribution >= 4 is 18.3 Å². The normalized spacial score (nSPS) is 16.9. The average Bonchev–Trinajstić information content (AvgIpc) is 3.27. The summed E-state index contributed by atoms with van der Waals surface area (Å²) in [6, 6.07) is 9.62. The van der Waals surface area contributed by atoms with Gasteiger partial charge >= 0.3 is 0 Å². The van der Waals surface area contributed by atoms with Crippen molar-refractivity contribution in [3.63, 3.8) is 0 Å². The second-order valence-corrected chi connectivity index (χ2v) is 4.99. The fourth-order valence-electron chi connectivity index (χ4n) is 2.12. The summed E-state index contributed by atoms with van der Waals surface area (Å²) in [5.41, 5.74) is 6.86. The van der Waals surface area contributed by atoms with Crippen molar-refractivity contribution in [2.45, 2.75) is 31.9 Å². The molecule has 1 aromatic rings. The molecule has 5 heteroatoms. The van der Waals surface area contributed by atoms with Gasteiger partial charge in [0, 0.05) is 19.2 Å². The Balaban J connectivity index is 0.00000200. The van der Waals surface area contributed by atoms with Crippen LogP contribution in [0.2, 0.25) is 0 Å². The number of amides is 1. The summed E-state index contributed by atoms with van der Waals surface area (Å²) in [7, 11) is 0. The van der Waals surface area contributed by atoms with Gasteiger partial charge in [0.1, 0.15) is 0 Å². The molecule has 2 unspecified atom stereocenters. The number of nitrogens with two attached hydrogens (primary N) is 1. The van der Waals surface area contributed by atoms with Crippen LogP contribution >= 0.6 is 12.4 Å². The average molecular weight is 299 g/mol. The molecule has 2 rings (SSSR count). The van der Waals surface area contributed by atoms with E-state index in [-0.39, 0.29) is 24.4 Å². The van der Waals surface area contributed by atoms with Crippen LogP contribution in [-0.2, 0) is 9.53 Å². The SMILES string of the molecule is CCOC(C(=O)NCC(N)C1CC1)c1ccccc1.Cl. The van der Waals surface area contributed by atoms with Crippen LogP contribution in [0, 0.1) is 5.92 Å². The Morgan fingerprint density at radius 3 is 2.60 bits per heavy atom. The van der Waals surface area contributed by atoms with Crippen molar-refractivity contribution in [2.24, 2.45) is 11.7 Å². The number of hydrogen-bond acceptors (Lipinski definition) is 3. The second kappa shape index (κ2) is 8.25. The summed E-state index contributed by atoms with van der Waals surface area (Å²) in [5, 5.41) is 2.90. The van der Waals surface area contributed by atoms with E-state index in [1.165, 1.54) is 12.8 Å². The molecule has 0 bridgehead atoms. The highest BCUT2D eigenvalue weighted by molar-refractivity contribution is 5.85. The van der Waals surface area contributed by atoms with Crippen LogP contribution in [0.1, 0.15) is 31.4 Å². The molecule has 1 amide bonds. The van der Waals surface area contributed by atoms with Crippen LogP contribution in [0.4, 0.5) is 0 Å². The molecular weight excluding hydrogens is 276 g/mol. The first-order chi connectivity index (χ1) is 9.22. The van der Waals surface area contributed by atoms with Crippen molar-refractivity contribution < 1.29 is 9.53 Å². The van der Waals surface area contributed by atoms with E-state index < -0.39 is 6.10 Å². The Morgan fingerprint density at radius 2 is 2.05 bits per heavy atom. The van der Waals surface area contributed by atoms with Crippen LogP contribution < -0.4 is 11.1 Å². The summed E-state index contributed by atoms with van der Waals surface area (Å²) in [5.74, 6) is 0.478. The topological polar surface area (TPSA) is 64.3 Å². The molecule has 0 aliphatic heterocycles. The van der Waals surface area contributed by atoms with E-state index in [2.05, 4.69) is 5.32 Å². The molecule has 1 aliphatic carbocycles. The molecule has 1 aromatic carbocycles.